The fourth-order valence-corrected chi connectivity index (χ4v) is 2.72. The molecule has 4 nitrogen and oxygen atoms in total. The molecule has 0 aliphatic rings. The van der Waals surface area contributed by atoms with Crippen molar-refractivity contribution in [1.29, 1.82) is 0 Å². The lowest BCUT2D eigenvalue weighted by molar-refractivity contribution is 0.0779. The van der Waals surface area contributed by atoms with Crippen LogP contribution in [0.5, 0.6) is 0 Å². The molecule has 0 bridgehead atoms. The Kier molecular flexibility index (Phi) is 4.35. The summed E-state index contributed by atoms with van der Waals surface area (Å²) < 4.78 is 32.0. The highest BCUT2D eigenvalue weighted by Crippen LogP contribution is 2.20. The maximum absolute atomic E-state index is 13.8. The predicted octanol–water partition coefficient (Wildman–Crippen LogP) is 3.65. The quantitative estimate of drug-likeness (QED) is 0.682. The van der Waals surface area contributed by atoms with Crippen LogP contribution in [0.3, 0.4) is 0 Å². The largest absolute Gasteiger partial charge is 0.422 e. The Morgan fingerprint density at radius 2 is 1.88 bits per heavy atom. The van der Waals surface area contributed by atoms with Gasteiger partial charge in [-0.25, -0.2) is 13.6 Å². The van der Waals surface area contributed by atoms with E-state index in [2.05, 4.69) is 0 Å². The van der Waals surface area contributed by atoms with E-state index >= 15 is 0 Å². The van der Waals surface area contributed by atoms with E-state index in [1.54, 1.807) is 31.2 Å². The number of hydrogen-bond donors (Lipinski definition) is 0. The molecule has 0 aliphatic heterocycles. The van der Waals surface area contributed by atoms with Crippen LogP contribution in [-0.2, 0) is 6.54 Å². The molecule has 128 valence electrons. The maximum Gasteiger partial charge on any atom is 0.349 e. The molecule has 0 spiro atoms. The van der Waals surface area contributed by atoms with Gasteiger partial charge in [-0.3, -0.25) is 4.79 Å². The number of carbonyl (C=O) groups is 1. The molecular formula is C19H15F2NO3. The molecule has 1 aromatic heterocycles. The van der Waals surface area contributed by atoms with Crippen molar-refractivity contribution >= 4 is 16.9 Å². The van der Waals surface area contributed by atoms with Gasteiger partial charge in [0.1, 0.15) is 22.8 Å². The van der Waals surface area contributed by atoms with Crippen molar-refractivity contribution in [3.63, 3.8) is 0 Å². The highest BCUT2D eigenvalue weighted by Gasteiger charge is 2.22. The number of carbonyl (C=O) groups excluding carboxylic acids is 1. The summed E-state index contributed by atoms with van der Waals surface area (Å²) in [6, 6.07) is 10.1. The molecule has 3 rings (SSSR count). The smallest absolute Gasteiger partial charge is 0.349 e. The lowest BCUT2D eigenvalue weighted by Gasteiger charge is -2.18. The summed E-state index contributed by atoms with van der Waals surface area (Å²) in [6.45, 7) is 1.56. The summed E-state index contributed by atoms with van der Waals surface area (Å²) in [4.78, 5) is 26.1. The minimum atomic E-state index is -0.748. The van der Waals surface area contributed by atoms with Crippen molar-refractivity contribution in [3.05, 3.63) is 81.2 Å². The van der Waals surface area contributed by atoms with Crippen LogP contribution in [-0.4, -0.2) is 17.9 Å². The zero-order chi connectivity index (χ0) is 18.1. The van der Waals surface area contributed by atoms with Gasteiger partial charge in [-0.1, -0.05) is 24.3 Å². The molecule has 25 heavy (non-hydrogen) atoms. The molecule has 1 heterocycles. The van der Waals surface area contributed by atoms with Gasteiger partial charge in [0.2, 0.25) is 0 Å². The average Bonchev–Trinajstić information content (AvgIpc) is 2.57. The minimum absolute atomic E-state index is 0.0938. The summed E-state index contributed by atoms with van der Waals surface area (Å²) in [7, 11) is 1.44. The summed E-state index contributed by atoms with van der Waals surface area (Å²) in [5.74, 6) is -2.02. The first-order valence-electron chi connectivity index (χ1n) is 7.60. The SMILES string of the molecule is Cc1c(C(=O)N(C)Cc2ccc(F)cc2F)c(=O)oc2ccccc12. The van der Waals surface area contributed by atoms with E-state index in [-0.39, 0.29) is 17.7 Å². The Labute approximate surface area is 142 Å². The van der Waals surface area contributed by atoms with Crippen LogP contribution in [0.15, 0.2) is 51.7 Å². The maximum atomic E-state index is 13.8. The number of halogens is 2. The number of hydrogen-bond acceptors (Lipinski definition) is 3. The molecule has 2 aromatic carbocycles. The molecule has 0 radical (unpaired) electrons. The predicted molar refractivity (Wildman–Crippen MR) is 89.4 cm³/mol. The second kappa shape index (κ2) is 6.47. The standard InChI is InChI=1S/C19H15F2NO3/c1-11-14-5-3-4-6-16(14)25-19(24)17(11)18(23)22(2)10-12-7-8-13(20)9-15(12)21/h3-9H,10H2,1-2H3. The Bertz CT molecular complexity index is 1030. The van der Waals surface area contributed by atoms with Crippen molar-refractivity contribution in [2.24, 2.45) is 0 Å². The number of amides is 1. The number of aryl methyl sites for hydroxylation is 1. The molecule has 0 atom stereocenters. The summed E-state index contributed by atoms with van der Waals surface area (Å²) in [5.41, 5.74) is 0.216. The Balaban J connectivity index is 1.97. The van der Waals surface area contributed by atoms with E-state index in [0.29, 0.717) is 16.5 Å². The molecule has 3 aromatic rings. The van der Waals surface area contributed by atoms with E-state index in [1.807, 2.05) is 0 Å². The van der Waals surface area contributed by atoms with Gasteiger partial charge in [0, 0.05) is 30.6 Å². The highest BCUT2D eigenvalue weighted by atomic mass is 19.1. The molecule has 6 heteroatoms. The summed E-state index contributed by atoms with van der Waals surface area (Å²) in [6.07, 6.45) is 0. The van der Waals surface area contributed by atoms with Gasteiger partial charge in [0.15, 0.2) is 0 Å². The second-order valence-corrected chi connectivity index (χ2v) is 5.78. The number of nitrogens with zero attached hydrogens (tertiary/aromatic N) is 1. The van der Waals surface area contributed by atoms with Gasteiger partial charge < -0.3 is 9.32 Å². The number of para-hydroxylation sites is 1. The number of rotatable bonds is 3. The van der Waals surface area contributed by atoms with Crippen LogP contribution in [0.25, 0.3) is 11.0 Å². The fraction of sp³-hybridized carbons (Fsp3) is 0.158. The van der Waals surface area contributed by atoms with Gasteiger partial charge in [-0.15, -0.1) is 0 Å². The third-order valence-corrected chi connectivity index (χ3v) is 4.06. The number of benzene rings is 2. The zero-order valence-electron chi connectivity index (χ0n) is 13.7. The third-order valence-electron chi connectivity index (χ3n) is 4.06. The molecule has 1 amide bonds. The third kappa shape index (κ3) is 3.15. The lowest BCUT2D eigenvalue weighted by atomic mass is 10.0. The molecule has 0 unspecified atom stereocenters. The molecule has 0 saturated carbocycles. The van der Waals surface area contributed by atoms with E-state index < -0.39 is 23.2 Å². The van der Waals surface area contributed by atoms with Gasteiger partial charge >= 0.3 is 5.63 Å². The van der Waals surface area contributed by atoms with E-state index in [0.717, 1.165) is 12.1 Å². The van der Waals surface area contributed by atoms with Gasteiger partial charge in [-0.2, -0.15) is 0 Å². The molecule has 0 N–H and O–H groups in total. The van der Waals surface area contributed by atoms with Crippen molar-refractivity contribution in [1.82, 2.24) is 4.90 Å². The first kappa shape index (κ1) is 16.8. The fourth-order valence-electron chi connectivity index (χ4n) is 2.72. The topological polar surface area (TPSA) is 50.5 Å². The summed E-state index contributed by atoms with van der Waals surface area (Å²) in [5, 5.41) is 0.659. The average molecular weight is 343 g/mol. The Morgan fingerprint density at radius 3 is 2.60 bits per heavy atom. The van der Waals surface area contributed by atoms with E-state index in [4.69, 9.17) is 4.42 Å². The van der Waals surface area contributed by atoms with Crippen molar-refractivity contribution in [2.45, 2.75) is 13.5 Å². The zero-order valence-corrected chi connectivity index (χ0v) is 13.7. The lowest BCUT2D eigenvalue weighted by Crippen LogP contribution is -2.31. The monoisotopic (exact) mass is 343 g/mol. The van der Waals surface area contributed by atoms with Crippen molar-refractivity contribution in [3.8, 4) is 0 Å². The minimum Gasteiger partial charge on any atom is -0.422 e. The van der Waals surface area contributed by atoms with Crippen molar-refractivity contribution < 1.29 is 18.0 Å². The highest BCUT2D eigenvalue weighted by molar-refractivity contribution is 5.99. The number of fused-ring (bicyclic) bond motifs is 1. The van der Waals surface area contributed by atoms with Crippen LogP contribution in [0.4, 0.5) is 8.78 Å². The Hall–Kier alpha value is -3.02. The van der Waals surface area contributed by atoms with Crippen LogP contribution in [0.2, 0.25) is 0 Å². The van der Waals surface area contributed by atoms with E-state index in [1.165, 1.54) is 18.0 Å². The molecule has 0 aliphatic carbocycles. The Morgan fingerprint density at radius 1 is 1.16 bits per heavy atom. The normalized spacial score (nSPS) is 10.9. The summed E-state index contributed by atoms with van der Waals surface area (Å²) >= 11 is 0. The van der Waals surface area contributed by atoms with Gasteiger partial charge in [-0.05, 0) is 24.6 Å². The molecule has 0 saturated heterocycles. The van der Waals surface area contributed by atoms with Crippen LogP contribution < -0.4 is 5.63 Å². The van der Waals surface area contributed by atoms with Gasteiger partial charge in [0.05, 0.1) is 0 Å². The first-order valence-corrected chi connectivity index (χ1v) is 7.60. The van der Waals surface area contributed by atoms with Crippen molar-refractivity contribution in [2.75, 3.05) is 7.05 Å². The van der Waals surface area contributed by atoms with Crippen LogP contribution >= 0.6 is 0 Å². The first-order chi connectivity index (χ1) is 11.9. The van der Waals surface area contributed by atoms with Crippen LogP contribution in [0, 0.1) is 18.6 Å². The van der Waals surface area contributed by atoms with E-state index in [9.17, 15) is 18.4 Å². The van der Waals surface area contributed by atoms with Crippen LogP contribution in [0.1, 0.15) is 21.5 Å². The molecular weight excluding hydrogens is 328 g/mol. The second-order valence-electron chi connectivity index (χ2n) is 5.78. The molecule has 0 fully saturated rings. The van der Waals surface area contributed by atoms with Gasteiger partial charge in [0.25, 0.3) is 5.91 Å².